The quantitative estimate of drug-likeness (QED) is 0.729. The molecule has 0 atom stereocenters. The maximum Gasteiger partial charge on any atom is 0.214 e. The number of aromatic amines is 1. The normalized spacial score (nSPS) is 17.7. The smallest absolute Gasteiger partial charge is 0.214 e. The van der Waals surface area contributed by atoms with E-state index in [2.05, 4.69) is 10.2 Å². The van der Waals surface area contributed by atoms with Crippen LogP contribution in [0, 0.1) is 0 Å². The third-order valence-electron chi connectivity index (χ3n) is 2.69. The summed E-state index contributed by atoms with van der Waals surface area (Å²) in [6.45, 7) is 2.49. The molecule has 6 nitrogen and oxygen atoms in total. The predicted molar refractivity (Wildman–Crippen MR) is 56.6 cm³/mol. The Morgan fingerprint density at radius 3 is 3.00 bits per heavy atom. The zero-order chi connectivity index (χ0) is 11.1. The first-order chi connectivity index (χ1) is 7.04. The van der Waals surface area contributed by atoms with Gasteiger partial charge in [0.05, 0.1) is 18.0 Å². The van der Waals surface area contributed by atoms with E-state index in [1.165, 1.54) is 4.31 Å². The number of H-pyrrole nitrogens is 1. The van der Waals surface area contributed by atoms with Crippen LogP contribution in [0.3, 0.4) is 0 Å². The summed E-state index contributed by atoms with van der Waals surface area (Å²) in [7, 11) is -3.11. The van der Waals surface area contributed by atoms with Crippen molar-refractivity contribution in [2.24, 2.45) is 0 Å². The topological polar surface area (TPSA) is 92.1 Å². The number of nitrogens with zero attached hydrogens (tertiary/aromatic N) is 2. The molecule has 0 aliphatic carbocycles. The van der Waals surface area contributed by atoms with Crippen LogP contribution >= 0.6 is 0 Å². The molecule has 0 bridgehead atoms. The molecule has 0 amide bonds. The van der Waals surface area contributed by atoms with Crippen LogP contribution in [0.2, 0.25) is 0 Å². The monoisotopic (exact) mass is 230 g/mol. The lowest BCUT2D eigenvalue weighted by atomic mass is 10.1. The number of anilines is 1. The third-order valence-corrected chi connectivity index (χ3v) is 4.52. The van der Waals surface area contributed by atoms with E-state index in [0.29, 0.717) is 25.3 Å². The summed E-state index contributed by atoms with van der Waals surface area (Å²) < 4.78 is 24.7. The minimum absolute atomic E-state index is 0.131. The van der Waals surface area contributed by atoms with E-state index in [0.717, 1.165) is 11.3 Å². The number of nitrogens with two attached hydrogens (primary N) is 1. The predicted octanol–water partition coefficient (Wildman–Crippen LogP) is -0.300. The van der Waals surface area contributed by atoms with Gasteiger partial charge in [-0.15, -0.1) is 0 Å². The van der Waals surface area contributed by atoms with Gasteiger partial charge in [0.25, 0.3) is 0 Å². The van der Waals surface area contributed by atoms with Crippen molar-refractivity contribution in [2.45, 2.75) is 19.9 Å². The van der Waals surface area contributed by atoms with Crippen molar-refractivity contribution in [1.82, 2.24) is 14.5 Å². The molecule has 0 spiro atoms. The summed E-state index contributed by atoms with van der Waals surface area (Å²) >= 11 is 0. The van der Waals surface area contributed by atoms with Crippen molar-refractivity contribution in [1.29, 1.82) is 0 Å². The van der Waals surface area contributed by atoms with Crippen molar-refractivity contribution in [3.63, 3.8) is 0 Å². The molecule has 0 saturated heterocycles. The zero-order valence-corrected chi connectivity index (χ0v) is 9.34. The van der Waals surface area contributed by atoms with Gasteiger partial charge in [-0.05, 0) is 13.3 Å². The number of hydrogen-bond donors (Lipinski definition) is 2. The second-order valence-electron chi connectivity index (χ2n) is 3.55. The van der Waals surface area contributed by atoms with Crippen molar-refractivity contribution >= 4 is 15.8 Å². The Morgan fingerprint density at radius 1 is 1.60 bits per heavy atom. The maximum atomic E-state index is 11.6. The number of rotatable bonds is 2. The molecule has 0 fully saturated rings. The molecule has 0 saturated carbocycles. The highest BCUT2D eigenvalue weighted by atomic mass is 32.2. The summed E-state index contributed by atoms with van der Waals surface area (Å²) in [5, 5.41) is 6.64. The van der Waals surface area contributed by atoms with Gasteiger partial charge >= 0.3 is 0 Å². The fraction of sp³-hybridized carbons (Fsp3) is 0.625. The molecule has 1 aliphatic heterocycles. The summed E-state index contributed by atoms with van der Waals surface area (Å²) in [5.41, 5.74) is 7.41. The Hall–Kier alpha value is -1.08. The van der Waals surface area contributed by atoms with E-state index in [1.54, 1.807) is 6.92 Å². The molecular weight excluding hydrogens is 216 g/mol. The van der Waals surface area contributed by atoms with Gasteiger partial charge in [-0.2, -0.15) is 9.40 Å². The van der Waals surface area contributed by atoms with Crippen molar-refractivity contribution in [3.05, 3.63) is 11.3 Å². The van der Waals surface area contributed by atoms with Crippen molar-refractivity contribution in [2.75, 3.05) is 18.0 Å². The average Bonchev–Trinajstić information content (AvgIpc) is 2.60. The molecule has 2 heterocycles. The van der Waals surface area contributed by atoms with Gasteiger partial charge in [-0.1, -0.05) is 0 Å². The van der Waals surface area contributed by atoms with E-state index in [-0.39, 0.29) is 5.75 Å². The molecule has 84 valence electrons. The van der Waals surface area contributed by atoms with Gasteiger partial charge in [0, 0.05) is 12.1 Å². The van der Waals surface area contributed by atoms with Gasteiger partial charge in [-0.3, -0.25) is 5.10 Å². The SMILES string of the molecule is CCS(=O)(=O)N1CCc2c(N)n[nH]c2C1. The molecule has 15 heavy (non-hydrogen) atoms. The molecule has 1 aromatic heterocycles. The van der Waals surface area contributed by atoms with E-state index in [1.807, 2.05) is 0 Å². The Balaban J connectivity index is 2.27. The van der Waals surface area contributed by atoms with E-state index in [4.69, 9.17) is 5.73 Å². The van der Waals surface area contributed by atoms with Crippen molar-refractivity contribution in [3.8, 4) is 0 Å². The molecule has 7 heteroatoms. The molecule has 3 N–H and O–H groups in total. The van der Waals surface area contributed by atoms with E-state index >= 15 is 0 Å². The zero-order valence-electron chi connectivity index (χ0n) is 8.52. The molecule has 0 radical (unpaired) electrons. The number of nitrogens with one attached hydrogen (secondary N) is 1. The highest BCUT2D eigenvalue weighted by Gasteiger charge is 2.27. The summed E-state index contributed by atoms with van der Waals surface area (Å²) in [6.07, 6.45) is 0.636. The lowest BCUT2D eigenvalue weighted by molar-refractivity contribution is 0.388. The number of hydrogen-bond acceptors (Lipinski definition) is 4. The second kappa shape index (κ2) is 3.49. The number of sulfonamides is 1. The van der Waals surface area contributed by atoms with Crippen LogP contribution in [0.15, 0.2) is 0 Å². The minimum atomic E-state index is -3.11. The van der Waals surface area contributed by atoms with Crippen LogP contribution in [0.25, 0.3) is 0 Å². The number of aromatic nitrogens is 2. The van der Waals surface area contributed by atoms with Gasteiger partial charge in [0.15, 0.2) is 0 Å². The van der Waals surface area contributed by atoms with Gasteiger partial charge in [0.2, 0.25) is 10.0 Å². The highest BCUT2D eigenvalue weighted by molar-refractivity contribution is 7.89. The van der Waals surface area contributed by atoms with Crippen LogP contribution < -0.4 is 5.73 Å². The Bertz CT molecular complexity index is 465. The third kappa shape index (κ3) is 1.72. The highest BCUT2D eigenvalue weighted by Crippen LogP contribution is 2.23. The Morgan fingerprint density at radius 2 is 2.33 bits per heavy atom. The fourth-order valence-electron chi connectivity index (χ4n) is 1.74. The first kappa shape index (κ1) is 10.4. The lowest BCUT2D eigenvalue weighted by Gasteiger charge is -2.25. The van der Waals surface area contributed by atoms with Crippen LogP contribution in [-0.2, 0) is 23.0 Å². The van der Waals surface area contributed by atoms with Crippen LogP contribution in [0.1, 0.15) is 18.2 Å². The average molecular weight is 230 g/mol. The first-order valence-corrected chi connectivity index (χ1v) is 6.45. The second-order valence-corrected chi connectivity index (χ2v) is 5.81. The van der Waals surface area contributed by atoms with Crippen LogP contribution in [-0.4, -0.2) is 35.2 Å². The molecular formula is C8H14N4O2S. The minimum Gasteiger partial charge on any atom is -0.382 e. The van der Waals surface area contributed by atoms with Gasteiger partial charge in [0.1, 0.15) is 5.82 Å². The van der Waals surface area contributed by atoms with Crippen LogP contribution in [0.4, 0.5) is 5.82 Å². The van der Waals surface area contributed by atoms with Crippen molar-refractivity contribution < 1.29 is 8.42 Å². The Labute approximate surface area is 88.5 Å². The van der Waals surface area contributed by atoms with Crippen LogP contribution in [0.5, 0.6) is 0 Å². The van der Waals surface area contributed by atoms with E-state index < -0.39 is 10.0 Å². The largest absolute Gasteiger partial charge is 0.382 e. The fourth-order valence-corrected chi connectivity index (χ4v) is 2.80. The maximum absolute atomic E-state index is 11.6. The number of fused-ring (bicyclic) bond motifs is 1. The standard InChI is InChI=1S/C8H14N4O2S/c1-2-15(13,14)12-4-3-6-7(5-12)10-11-8(6)9/h2-5H2,1H3,(H3,9,10,11). The first-order valence-electron chi connectivity index (χ1n) is 4.84. The molecule has 1 aromatic rings. The molecule has 0 aromatic carbocycles. The lowest BCUT2D eigenvalue weighted by Crippen LogP contribution is -2.36. The summed E-state index contributed by atoms with van der Waals surface area (Å²) in [4.78, 5) is 0. The summed E-state index contributed by atoms with van der Waals surface area (Å²) in [5.74, 6) is 0.616. The summed E-state index contributed by atoms with van der Waals surface area (Å²) in [6, 6.07) is 0. The van der Waals surface area contributed by atoms with Gasteiger partial charge < -0.3 is 5.73 Å². The molecule has 1 aliphatic rings. The molecule has 0 unspecified atom stereocenters. The Kier molecular flexibility index (Phi) is 2.43. The van der Waals surface area contributed by atoms with E-state index in [9.17, 15) is 8.42 Å². The molecule has 2 rings (SSSR count). The number of nitrogen functional groups attached to an aromatic ring is 1. The van der Waals surface area contributed by atoms with Gasteiger partial charge in [-0.25, -0.2) is 8.42 Å².